The van der Waals surface area contributed by atoms with Crippen LogP contribution in [0.3, 0.4) is 0 Å². The van der Waals surface area contributed by atoms with Gasteiger partial charge in [-0.25, -0.2) is 0 Å². The van der Waals surface area contributed by atoms with Crippen LogP contribution in [-0.4, -0.2) is 18.2 Å². The van der Waals surface area contributed by atoms with Crippen molar-refractivity contribution in [1.29, 1.82) is 0 Å². The Morgan fingerprint density at radius 1 is 1.46 bits per heavy atom. The highest BCUT2D eigenvalue weighted by atomic mass is 16.2. The Labute approximate surface area is 79.2 Å². The van der Waals surface area contributed by atoms with Gasteiger partial charge >= 0.3 is 0 Å². The van der Waals surface area contributed by atoms with E-state index in [-0.39, 0.29) is 5.78 Å². The van der Waals surface area contributed by atoms with Crippen LogP contribution in [-0.2, 0) is 9.59 Å². The number of hydrogen-bond acceptors (Lipinski definition) is 2. The Morgan fingerprint density at radius 2 is 2.08 bits per heavy atom. The highest BCUT2D eigenvalue weighted by Gasteiger charge is 2.12. The zero-order chi connectivity index (χ0) is 10.3. The van der Waals surface area contributed by atoms with Crippen molar-refractivity contribution < 1.29 is 9.59 Å². The van der Waals surface area contributed by atoms with Crippen molar-refractivity contribution in [2.45, 2.75) is 26.7 Å². The zero-order valence-electron chi connectivity index (χ0n) is 8.30. The molecule has 0 unspecified atom stereocenters. The van der Waals surface area contributed by atoms with Gasteiger partial charge in [0.1, 0.15) is 0 Å². The fourth-order valence-corrected chi connectivity index (χ4v) is 0.797. The van der Waals surface area contributed by atoms with E-state index in [1.54, 1.807) is 6.08 Å². The van der Waals surface area contributed by atoms with E-state index in [2.05, 4.69) is 11.9 Å². The fourth-order valence-electron chi connectivity index (χ4n) is 0.797. The predicted molar refractivity (Wildman–Crippen MR) is 52.3 cm³/mol. The molecule has 1 amide bonds. The summed E-state index contributed by atoms with van der Waals surface area (Å²) in [6, 6.07) is 0. The van der Waals surface area contributed by atoms with Gasteiger partial charge in [-0.05, 0) is 12.3 Å². The van der Waals surface area contributed by atoms with E-state index >= 15 is 0 Å². The molecule has 3 nitrogen and oxygen atoms in total. The normalized spacial score (nSPS) is 9.77. The lowest BCUT2D eigenvalue weighted by atomic mass is 10.1. The number of Topliss-reactive ketones (excluding diaryl/α,β-unsaturated/α-hetero) is 1. The molecule has 0 aliphatic rings. The van der Waals surface area contributed by atoms with E-state index in [0.717, 1.165) is 6.42 Å². The molecule has 1 N–H and O–H groups in total. The van der Waals surface area contributed by atoms with Crippen LogP contribution in [0.5, 0.6) is 0 Å². The number of amides is 1. The molecule has 0 saturated heterocycles. The van der Waals surface area contributed by atoms with Crippen LogP contribution in [0.4, 0.5) is 0 Å². The van der Waals surface area contributed by atoms with E-state index in [1.165, 1.54) is 0 Å². The van der Waals surface area contributed by atoms with Gasteiger partial charge in [-0.3, -0.25) is 9.59 Å². The number of rotatable bonds is 6. The molecule has 3 heteroatoms. The third kappa shape index (κ3) is 6.08. The lowest BCUT2D eigenvalue weighted by molar-refractivity contribution is -0.137. The first-order chi connectivity index (χ1) is 6.07. The van der Waals surface area contributed by atoms with Gasteiger partial charge in [-0.2, -0.15) is 0 Å². The van der Waals surface area contributed by atoms with Crippen LogP contribution in [0, 0.1) is 5.92 Å². The zero-order valence-corrected chi connectivity index (χ0v) is 8.30. The molecule has 0 aromatic heterocycles. The Hall–Kier alpha value is -1.12. The summed E-state index contributed by atoms with van der Waals surface area (Å²) in [5.41, 5.74) is 0. The number of hydrogen-bond donors (Lipinski definition) is 1. The van der Waals surface area contributed by atoms with Gasteiger partial charge in [-0.15, -0.1) is 6.58 Å². The molecule has 0 aliphatic carbocycles. The molecular formula is C10H17NO2. The lowest BCUT2D eigenvalue weighted by Crippen LogP contribution is -2.31. The topological polar surface area (TPSA) is 46.2 Å². The molecule has 0 aliphatic heterocycles. The van der Waals surface area contributed by atoms with Crippen molar-refractivity contribution in [3.63, 3.8) is 0 Å². The maximum atomic E-state index is 11.1. The summed E-state index contributed by atoms with van der Waals surface area (Å²) < 4.78 is 0. The molecule has 0 spiro atoms. The first-order valence-electron chi connectivity index (χ1n) is 4.49. The minimum Gasteiger partial charge on any atom is -0.346 e. The second-order valence-corrected chi connectivity index (χ2v) is 3.35. The predicted octanol–water partition coefficient (Wildman–Crippen LogP) is 1.29. The third-order valence-corrected chi connectivity index (χ3v) is 1.61. The standard InChI is InChI=1S/C10H17NO2/c1-4-7-11-10(13)9(12)6-5-8(2)3/h4,8H,1,5-7H2,2-3H3,(H,11,13). The van der Waals surface area contributed by atoms with Crippen LogP contribution < -0.4 is 5.32 Å². The van der Waals surface area contributed by atoms with Crippen molar-refractivity contribution >= 4 is 11.7 Å². The van der Waals surface area contributed by atoms with Crippen molar-refractivity contribution in [3.8, 4) is 0 Å². The Bertz CT molecular complexity index is 197. The summed E-state index contributed by atoms with van der Waals surface area (Å²) in [6.45, 7) is 7.84. The maximum absolute atomic E-state index is 11.1. The highest BCUT2D eigenvalue weighted by Crippen LogP contribution is 2.03. The summed E-state index contributed by atoms with van der Waals surface area (Å²) in [4.78, 5) is 22.1. The number of carbonyl (C=O) groups is 2. The van der Waals surface area contributed by atoms with Gasteiger partial charge in [0.2, 0.25) is 5.78 Å². The Morgan fingerprint density at radius 3 is 2.54 bits per heavy atom. The SMILES string of the molecule is C=CCNC(=O)C(=O)CCC(C)C. The third-order valence-electron chi connectivity index (χ3n) is 1.61. The molecule has 74 valence electrons. The molecule has 13 heavy (non-hydrogen) atoms. The summed E-state index contributed by atoms with van der Waals surface area (Å²) in [6.07, 6.45) is 2.65. The van der Waals surface area contributed by atoms with Gasteiger partial charge in [-0.1, -0.05) is 19.9 Å². The number of carbonyl (C=O) groups excluding carboxylic acids is 2. The van der Waals surface area contributed by atoms with E-state index in [0.29, 0.717) is 18.9 Å². The van der Waals surface area contributed by atoms with Crippen molar-refractivity contribution in [3.05, 3.63) is 12.7 Å². The van der Waals surface area contributed by atoms with E-state index in [1.807, 2.05) is 13.8 Å². The first-order valence-corrected chi connectivity index (χ1v) is 4.49. The molecule has 0 aromatic rings. The summed E-state index contributed by atoms with van der Waals surface area (Å²) in [7, 11) is 0. The highest BCUT2D eigenvalue weighted by molar-refractivity contribution is 6.36. The van der Waals surface area contributed by atoms with Gasteiger partial charge in [0.05, 0.1) is 0 Å². The second kappa shape index (κ2) is 6.40. The molecule has 0 heterocycles. The van der Waals surface area contributed by atoms with Gasteiger partial charge in [0.25, 0.3) is 5.91 Å². The van der Waals surface area contributed by atoms with Crippen LogP contribution in [0.25, 0.3) is 0 Å². The smallest absolute Gasteiger partial charge is 0.287 e. The summed E-state index contributed by atoms with van der Waals surface area (Å²) in [5, 5.41) is 2.45. The van der Waals surface area contributed by atoms with Crippen LogP contribution in [0.2, 0.25) is 0 Å². The van der Waals surface area contributed by atoms with Crippen LogP contribution in [0.15, 0.2) is 12.7 Å². The molecule has 0 fully saturated rings. The summed E-state index contributed by atoms with van der Waals surface area (Å²) >= 11 is 0. The number of ketones is 1. The molecule has 0 aromatic carbocycles. The number of nitrogens with one attached hydrogen (secondary N) is 1. The van der Waals surface area contributed by atoms with Crippen molar-refractivity contribution in [1.82, 2.24) is 5.32 Å². The van der Waals surface area contributed by atoms with Gasteiger partial charge in [0, 0.05) is 13.0 Å². The Balaban J connectivity index is 3.69. The first kappa shape index (κ1) is 11.9. The van der Waals surface area contributed by atoms with Crippen molar-refractivity contribution in [2.75, 3.05) is 6.54 Å². The molecule has 0 rings (SSSR count). The van der Waals surface area contributed by atoms with Crippen LogP contribution >= 0.6 is 0 Å². The molecule has 0 radical (unpaired) electrons. The summed E-state index contributed by atoms with van der Waals surface area (Å²) in [5.74, 6) is -0.382. The Kier molecular flexibility index (Phi) is 5.85. The molecule has 0 atom stereocenters. The quantitative estimate of drug-likeness (QED) is 0.498. The lowest BCUT2D eigenvalue weighted by Gasteiger charge is -2.03. The van der Waals surface area contributed by atoms with Gasteiger partial charge in [0.15, 0.2) is 0 Å². The minimum atomic E-state index is -0.499. The maximum Gasteiger partial charge on any atom is 0.287 e. The fraction of sp³-hybridized carbons (Fsp3) is 0.600. The van der Waals surface area contributed by atoms with E-state index < -0.39 is 5.91 Å². The monoisotopic (exact) mass is 183 g/mol. The molecule has 0 saturated carbocycles. The molecule has 0 bridgehead atoms. The van der Waals surface area contributed by atoms with Crippen molar-refractivity contribution in [2.24, 2.45) is 5.92 Å². The minimum absolute atomic E-state index is 0.334. The molecular weight excluding hydrogens is 166 g/mol. The largest absolute Gasteiger partial charge is 0.346 e. The van der Waals surface area contributed by atoms with E-state index in [4.69, 9.17) is 0 Å². The average molecular weight is 183 g/mol. The van der Waals surface area contributed by atoms with E-state index in [9.17, 15) is 9.59 Å². The van der Waals surface area contributed by atoms with Gasteiger partial charge < -0.3 is 5.32 Å². The second-order valence-electron chi connectivity index (χ2n) is 3.35. The van der Waals surface area contributed by atoms with Crippen LogP contribution in [0.1, 0.15) is 26.7 Å². The average Bonchev–Trinajstić information content (AvgIpc) is 2.10.